The predicted molar refractivity (Wildman–Crippen MR) is 536 cm³/mol. The summed E-state index contributed by atoms with van der Waals surface area (Å²) >= 11 is 0. The summed E-state index contributed by atoms with van der Waals surface area (Å²) in [4.78, 5) is 79.3. The second kappa shape index (κ2) is 44.5. The van der Waals surface area contributed by atoms with Crippen LogP contribution in [0.25, 0.3) is 147 Å². The number of carbonyl (C=O) groups excluding carboxylic acids is 2. The molecule has 0 fully saturated rings. The highest BCUT2D eigenvalue weighted by molar-refractivity contribution is 5.91. The van der Waals surface area contributed by atoms with Crippen LogP contribution in [0.5, 0.6) is 51.7 Å². The third kappa shape index (κ3) is 23.4. The van der Waals surface area contributed by atoms with E-state index in [4.69, 9.17) is 53.1 Å². The maximum Gasteiger partial charge on any atom is 0.338 e. The fourth-order valence-electron chi connectivity index (χ4n) is 14.4. The SMILES string of the molecule is CCOC(=O)c1ccc(Nc2nc(-c3ccc(OC)cc3)nc(-c3ccc(OC)cc3)n2)cc1.COC(=O)c1ccc(Nc2nc(-c3ccc(OC)cc3O)nc(-c3ccc(OC)cc3O)n2)cc1.COc1ccc(-c2nc(-c3ccc(-c4ccccc4)cc3)nc(-c3ccc(-c4ccccc4)cc3)n2)c(O)c1.Oc1ccccc1-c1nc(-c2ccccc2)nc(-c2ccc(-c3ccccc3)cc2)n1. The van der Waals surface area contributed by atoms with Crippen LogP contribution in [0.1, 0.15) is 27.6 Å². The molecule has 19 rings (SSSR count). The number of aromatic nitrogens is 12. The molecule has 0 saturated heterocycles. The Hall–Kier alpha value is -18.9. The van der Waals surface area contributed by atoms with Crippen LogP contribution in [0.4, 0.5) is 23.3 Å². The van der Waals surface area contributed by atoms with E-state index >= 15 is 0 Å². The van der Waals surface area contributed by atoms with E-state index in [2.05, 4.69) is 123 Å². The molecular formula is C112H90N14O13. The summed E-state index contributed by atoms with van der Waals surface area (Å²) in [6.07, 6.45) is 0. The molecule has 27 nitrogen and oxygen atoms in total. The van der Waals surface area contributed by atoms with Crippen molar-refractivity contribution in [3.63, 3.8) is 0 Å². The fraction of sp³-hybridized carbons (Fsp3) is 0.0714. The quantitative estimate of drug-likeness (QED) is 0.0289. The van der Waals surface area contributed by atoms with E-state index in [0.717, 1.165) is 83.9 Å². The number of nitrogens with zero attached hydrogens (tertiary/aromatic N) is 12. The van der Waals surface area contributed by atoms with Gasteiger partial charge in [0.15, 0.2) is 58.2 Å². The van der Waals surface area contributed by atoms with Gasteiger partial charge in [0.2, 0.25) is 11.9 Å². The number of hydrogen-bond acceptors (Lipinski definition) is 27. The van der Waals surface area contributed by atoms with Gasteiger partial charge in [-0.3, -0.25) is 0 Å². The van der Waals surface area contributed by atoms with Crippen molar-refractivity contribution >= 4 is 35.2 Å². The molecule has 0 spiro atoms. The van der Waals surface area contributed by atoms with Gasteiger partial charge in [-0.1, -0.05) is 206 Å². The zero-order valence-corrected chi connectivity index (χ0v) is 76.3. The third-order valence-electron chi connectivity index (χ3n) is 21.7. The summed E-state index contributed by atoms with van der Waals surface area (Å²) in [5.41, 5.74) is 15.8. The maximum absolute atomic E-state index is 11.9. The minimum absolute atomic E-state index is 0.0382. The first kappa shape index (κ1) is 93.3. The van der Waals surface area contributed by atoms with Crippen LogP contribution in [0.2, 0.25) is 0 Å². The van der Waals surface area contributed by atoms with Crippen LogP contribution in [0.3, 0.4) is 0 Å². The van der Waals surface area contributed by atoms with Gasteiger partial charge in [-0.15, -0.1) is 0 Å². The molecule has 0 amide bonds. The van der Waals surface area contributed by atoms with Gasteiger partial charge in [-0.25, -0.2) is 49.5 Å². The Morgan fingerprint density at radius 3 is 0.763 bits per heavy atom. The van der Waals surface area contributed by atoms with Crippen molar-refractivity contribution in [1.29, 1.82) is 0 Å². The fourth-order valence-corrected chi connectivity index (χ4v) is 14.4. The smallest absolute Gasteiger partial charge is 0.338 e. The number of phenols is 4. The Labute approximate surface area is 800 Å². The van der Waals surface area contributed by atoms with E-state index < -0.39 is 5.97 Å². The molecule has 0 radical (unpaired) electrons. The average molecular weight is 1840 g/mol. The molecule has 686 valence electrons. The van der Waals surface area contributed by atoms with Crippen molar-refractivity contribution in [2.75, 3.05) is 59.9 Å². The lowest BCUT2D eigenvalue weighted by Gasteiger charge is -2.12. The number of phenolic OH excluding ortho intramolecular Hbond substituents is 4. The number of nitrogens with one attached hydrogen (secondary N) is 2. The van der Waals surface area contributed by atoms with Crippen molar-refractivity contribution in [2.24, 2.45) is 0 Å². The summed E-state index contributed by atoms with van der Waals surface area (Å²) in [5, 5.41) is 48.4. The number of para-hydroxylation sites is 1. The molecule has 0 aliphatic rings. The maximum atomic E-state index is 11.9. The molecule has 0 atom stereocenters. The first-order chi connectivity index (χ1) is 67.9. The first-order valence-electron chi connectivity index (χ1n) is 43.7. The molecular weight excluding hydrogens is 1750 g/mol. The molecule has 19 aromatic rings. The first-order valence-corrected chi connectivity index (χ1v) is 43.7. The third-order valence-corrected chi connectivity index (χ3v) is 21.7. The van der Waals surface area contributed by atoms with Gasteiger partial charge in [-0.2, -0.15) is 19.9 Å². The van der Waals surface area contributed by atoms with Crippen LogP contribution in [0, 0.1) is 0 Å². The number of ether oxygens (including phenoxy) is 7. The Kier molecular flexibility index (Phi) is 29.9. The van der Waals surface area contributed by atoms with Crippen LogP contribution in [0.15, 0.2) is 370 Å². The standard InChI is InChI=1S/C34H25N3O2.C27H19N3O.C26H24N4O4.C25H22N4O6/c1-39-29-20-21-30(31(38)22-29)34-36-32(27-16-12-25(13-17-27)23-8-4-2-5-9-23)35-33(37-34)28-18-14-26(15-19-28)24-10-6-3-7-11-24;31-24-14-8-7-13-23(24)27-29-25(21-11-5-2-6-12-21)28-26(30-27)22-17-15-20(16-18-22)19-9-3-1-4-10-19;1-4-34-25(31)19-5-11-20(12-6-19)27-26-29-23(17-7-13-21(32-2)14-8-17)28-24(30-26)18-9-15-22(33-3)16-10-18;1-33-16-8-10-18(20(30)12-16)22-27-23(19-11-9-17(34-2)13-21(19)31)29-25(28-22)26-15-6-4-14(5-7-15)24(32)35-3/h2-22,38H,1H3;1-18,31H;5-16H,4H2,1-3H3,(H,27,28,29,30);4-13,30-31H,1-3H3,(H,26,27,28,29). The summed E-state index contributed by atoms with van der Waals surface area (Å²) in [6.45, 7) is 2.10. The zero-order chi connectivity index (χ0) is 96.5. The highest BCUT2D eigenvalue weighted by Crippen LogP contribution is 2.40. The highest BCUT2D eigenvalue weighted by Gasteiger charge is 2.23. The summed E-state index contributed by atoms with van der Waals surface area (Å²) in [7, 11) is 9.10. The second-order valence-corrected chi connectivity index (χ2v) is 30.7. The van der Waals surface area contributed by atoms with Crippen molar-refractivity contribution in [1.82, 2.24) is 59.8 Å². The van der Waals surface area contributed by atoms with E-state index in [1.807, 2.05) is 182 Å². The van der Waals surface area contributed by atoms with Gasteiger partial charge in [-0.05, 0) is 186 Å². The minimum Gasteiger partial charge on any atom is -0.507 e. The van der Waals surface area contributed by atoms with Gasteiger partial charge in [0.05, 0.1) is 82.6 Å². The van der Waals surface area contributed by atoms with Crippen molar-refractivity contribution in [3.05, 3.63) is 381 Å². The lowest BCUT2D eigenvalue weighted by Crippen LogP contribution is -2.05. The number of carbonyl (C=O) groups is 2. The van der Waals surface area contributed by atoms with Crippen molar-refractivity contribution < 1.29 is 63.2 Å². The Bertz CT molecular complexity index is 7200. The monoisotopic (exact) mass is 1840 g/mol. The second-order valence-electron chi connectivity index (χ2n) is 30.7. The molecule has 27 heteroatoms. The molecule has 6 N–H and O–H groups in total. The zero-order valence-electron chi connectivity index (χ0n) is 76.3. The average Bonchev–Trinajstić information content (AvgIpc) is 0.900. The number of esters is 2. The lowest BCUT2D eigenvalue weighted by molar-refractivity contribution is 0.0525. The predicted octanol–water partition coefficient (Wildman–Crippen LogP) is 23.5. The molecule has 0 bridgehead atoms. The van der Waals surface area contributed by atoms with Crippen LogP contribution in [-0.4, -0.2) is 141 Å². The van der Waals surface area contributed by atoms with E-state index in [9.17, 15) is 30.0 Å². The number of methoxy groups -OCH3 is 6. The molecule has 0 unspecified atom stereocenters. The van der Waals surface area contributed by atoms with Crippen molar-refractivity contribution in [3.8, 4) is 199 Å². The van der Waals surface area contributed by atoms with E-state index in [1.165, 1.54) is 33.5 Å². The molecule has 15 aromatic carbocycles. The van der Waals surface area contributed by atoms with Gasteiger partial charge < -0.3 is 64.2 Å². The van der Waals surface area contributed by atoms with E-state index in [0.29, 0.717) is 115 Å². The minimum atomic E-state index is -0.453. The topological polar surface area (TPSA) is 358 Å². The summed E-state index contributed by atoms with van der Waals surface area (Å²) < 4.78 is 35.8. The molecule has 139 heavy (non-hydrogen) atoms. The van der Waals surface area contributed by atoms with Crippen LogP contribution < -0.4 is 34.3 Å². The molecule has 0 aliphatic heterocycles. The number of anilines is 4. The number of hydrogen-bond donors (Lipinski definition) is 6. The van der Waals surface area contributed by atoms with Gasteiger partial charge in [0.1, 0.15) is 51.7 Å². The Balaban J connectivity index is 0.000000134. The Morgan fingerprint density at radius 2 is 0.460 bits per heavy atom. The van der Waals surface area contributed by atoms with Gasteiger partial charge >= 0.3 is 11.9 Å². The largest absolute Gasteiger partial charge is 0.507 e. The lowest BCUT2D eigenvalue weighted by atomic mass is 10.0. The van der Waals surface area contributed by atoms with Crippen LogP contribution in [-0.2, 0) is 9.47 Å². The normalized spacial score (nSPS) is 10.6. The molecule has 0 saturated carbocycles. The molecule has 0 aliphatic carbocycles. The number of benzene rings is 15. The highest BCUT2D eigenvalue weighted by atomic mass is 16.5. The number of aromatic hydroxyl groups is 4. The summed E-state index contributed by atoms with van der Waals surface area (Å²) in [5.74, 6) is 7.04. The molecule has 4 aromatic heterocycles. The van der Waals surface area contributed by atoms with Gasteiger partial charge in [0, 0.05) is 63.0 Å². The number of rotatable bonds is 25. The summed E-state index contributed by atoms with van der Waals surface area (Å²) in [6, 6.07) is 115. The van der Waals surface area contributed by atoms with E-state index in [1.54, 1.807) is 131 Å². The van der Waals surface area contributed by atoms with E-state index in [-0.39, 0.29) is 46.6 Å². The van der Waals surface area contributed by atoms with Gasteiger partial charge in [0.25, 0.3) is 0 Å². The Morgan fingerprint density at radius 1 is 0.230 bits per heavy atom. The van der Waals surface area contributed by atoms with Crippen molar-refractivity contribution in [2.45, 2.75) is 6.92 Å². The van der Waals surface area contributed by atoms with Crippen LogP contribution >= 0.6 is 0 Å². The molecule has 4 heterocycles.